The molecule has 0 bridgehead atoms. The minimum atomic E-state index is -4.87. The van der Waals surface area contributed by atoms with E-state index in [1.165, 1.54) is 6.92 Å². The van der Waals surface area contributed by atoms with E-state index in [1.54, 1.807) is 0 Å². The van der Waals surface area contributed by atoms with Crippen molar-refractivity contribution in [2.45, 2.75) is 13.1 Å². The lowest BCUT2D eigenvalue weighted by molar-refractivity contribution is -0.138. The normalized spacial score (nSPS) is 11.3. The monoisotopic (exact) mass is 386 g/mol. The molecule has 0 amide bonds. The molecule has 2 rings (SSSR count). The van der Waals surface area contributed by atoms with Crippen molar-refractivity contribution in [1.29, 1.82) is 0 Å². The molecule has 11 heteroatoms. The van der Waals surface area contributed by atoms with Gasteiger partial charge in [-0.3, -0.25) is 4.79 Å². The zero-order valence-electron chi connectivity index (χ0n) is 13.7. The summed E-state index contributed by atoms with van der Waals surface area (Å²) >= 11 is 0. The van der Waals surface area contributed by atoms with Gasteiger partial charge in [-0.25, -0.2) is 9.59 Å². The number of carboxylic acids is 2. The number of aromatic amines is 1. The number of rotatable bonds is 5. The minimum Gasteiger partial charge on any atom is -0.493 e. The molecule has 0 radical (unpaired) electrons. The van der Waals surface area contributed by atoms with Crippen LogP contribution in [0.2, 0.25) is 0 Å². The van der Waals surface area contributed by atoms with Crippen LogP contribution in [0.4, 0.5) is 19.0 Å². The lowest BCUT2D eigenvalue weighted by Crippen LogP contribution is -2.24. The zero-order valence-corrected chi connectivity index (χ0v) is 13.7. The van der Waals surface area contributed by atoms with Gasteiger partial charge in [0.15, 0.2) is 0 Å². The third-order valence-electron chi connectivity index (χ3n) is 3.55. The Kier molecular flexibility index (Phi) is 5.15. The summed E-state index contributed by atoms with van der Waals surface area (Å²) in [7, 11) is 0. The van der Waals surface area contributed by atoms with Gasteiger partial charge in [0, 0.05) is 5.56 Å². The summed E-state index contributed by atoms with van der Waals surface area (Å²) in [6.07, 6.45) is -4.87. The molecule has 1 heterocycles. The van der Waals surface area contributed by atoms with Gasteiger partial charge in [0.2, 0.25) is 0 Å². The summed E-state index contributed by atoms with van der Waals surface area (Å²) < 4.78 is 44.9. The highest BCUT2D eigenvalue weighted by Crippen LogP contribution is 2.40. The lowest BCUT2D eigenvalue weighted by atomic mass is 9.94. The molecule has 0 fully saturated rings. The summed E-state index contributed by atoms with van der Waals surface area (Å²) in [4.78, 5) is 36.8. The number of H-pyrrole nitrogens is 1. The van der Waals surface area contributed by atoms with E-state index in [0.717, 1.165) is 12.1 Å². The maximum atomic E-state index is 13.3. The van der Waals surface area contributed by atoms with Crippen molar-refractivity contribution in [3.8, 4) is 16.9 Å². The van der Waals surface area contributed by atoms with E-state index >= 15 is 0 Å². The van der Waals surface area contributed by atoms with E-state index < -0.39 is 63.1 Å². The molecular formula is C16H13F3N2O6. The van der Waals surface area contributed by atoms with Crippen LogP contribution in [0.3, 0.4) is 0 Å². The molecule has 0 aliphatic heterocycles. The van der Waals surface area contributed by atoms with E-state index in [2.05, 4.69) is 0 Å². The van der Waals surface area contributed by atoms with Gasteiger partial charge in [-0.05, 0) is 24.6 Å². The number of carbonyl (C=O) groups is 2. The second-order valence-corrected chi connectivity index (χ2v) is 5.24. The number of halogens is 3. The van der Waals surface area contributed by atoms with Crippen LogP contribution in [0.25, 0.3) is 11.1 Å². The van der Waals surface area contributed by atoms with Gasteiger partial charge < -0.3 is 25.7 Å². The molecule has 27 heavy (non-hydrogen) atoms. The van der Waals surface area contributed by atoms with Crippen molar-refractivity contribution in [2.75, 3.05) is 12.3 Å². The molecular weight excluding hydrogens is 373 g/mol. The molecule has 0 saturated carbocycles. The first-order valence-electron chi connectivity index (χ1n) is 7.35. The van der Waals surface area contributed by atoms with Crippen LogP contribution in [-0.2, 0) is 6.18 Å². The van der Waals surface area contributed by atoms with Crippen LogP contribution in [0.5, 0.6) is 5.75 Å². The number of benzene rings is 1. The van der Waals surface area contributed by atoms with Crippen molar-refractivity contribution in [3.63, 3.8) is 0 Å². The largest absolute Gasteiger partial charge is 0.493 e. The summed E-state index contributed by atoms with van der Waals surface area (Å²) in [5, 5.41) is 18.6. The minimum absolute atomic E-state index is 0.0683. The first kappa shape index (κ1) is 19.8. The number of pyridine rings is 1. The average molecular weight is 386 g/mol. The molecule has 2 aromatic rings. The number of aromatic nitrogens is 1. The van der Waals surface area contributed by atoms with Crippen LogP contribution in [-0.4, -0.2) is 33.7 Å². The summed E-state index contributed by atoms with van der Waals surface area (Å²) in [5.41, 5.74) is -0.113. The first-order valence-corrected chi connectivity index (χ1v) is 7.35. The molecule has 0 aliphatic carbocycles. The molecule has 0 atom stereocenters. The van der Waals surface area contributed by atoms with Crippen molar-refractivity contribution in [3.05, 3.63) is 45.2 Å². The standard InChI is InChI=1S/C16H13F3N2O6/c1-2-27-8-4-3-6(5-7(8)16(17,18)19)9-10(14(23)24)12(20)21-13(22)11(9)15(25)26/h3-5H,2H2,1H3,(H,23,24)(H,25,26)(H3,20,21,22). The Balaban J connectivity index is 2.95. The molecule has 1 aromatic carbocycles. The maximum Gasteiger partial charge on any atom is 0.419 e. The second-order valence-electron chi connectivity index (χ2n) is 5.24. The highest BCUT2D eigenvalue weighted by molar-refractivity contribution is 6.07. The molecule has 0 spiro atoms. The third kappa shape index (κ3) is 3.71. The summed E-state index contributed by atoms with van der Waals surface area (Å²) in [5.74, 6) is -4.75. The van der Waals surface area contributed by atoms with E-state index in [0.29, 0.717) is 6.07 Å². The lowest BCUT2D eigenvalue weighted by Gasteiger charge is -2.17. The Hall–Kier alpha value is -3.50. The quantitative estimate of drug-likeness (QED) is 0.618. The molecule has 144 valence electrons. The van der Waals surface area contributed by atoms with Crippen molar-refractivity contribution in [1.82, 2.24) is 4.98 Å². The van der Waals surface area contributed by atoms with E-state index in [-0.39, 0.29) is 6.61 Å². The highest BCUT2D eigenvalue weighted by Gasteiger charge is 2.36. The van der Waals surface area contributed by atoms with Gasteiger partial charge in [-0.1, -0.05) is 6.07 Å². The molecule has 8 nitrogen and oxygen atoms in total. The van der Waals surface area contributed by atoms with Gasteiger partial charge in [-0.2, -0.15) is 13.2 Å². The van der Waals surface area contributed by atoms with Gasteiger partial charge >= 0.3 is 18.1 Å². The number of carboxylic acid groups (broad SMARTS) is 2. The van der Waals surface area contributed by atoms with Gasteiger partial charge in [-0.15, -0.1) is 0 Å². The number of aromatic carboxylic acids is 2. The van der Waals surface area contributed by atoms with E-state index in [1.807, 2.05) is 4.98 Å². The number of anilines is 1. The Bertz CT molecular complexity index is 981. The van der Waals surface area contributed by atoms with E-state index in [4.69, 9.17) is 10.5 Å². The van der Waals surface area contributed by atoms with Crippen LogP contribution in [0.1, 0.15) is 33.2 Å². The number of ether oxygens (including phenoxy) is 1. The number of nitrogens with one attached hydrogen (secondary N) is 1. The maximum absolute atomic E-state index is 13.3. The second kappa shape index (κ2) is 7.02. The SMILES string of the molecule is CCOc1ccc(-c2c(C(=O)O)c(N)[nH]c(=O)c2C(=O)O)cc1C(F)(F)F. The van der Waals surface area contributed by atoms with Gasteiger partial charge in [0.25, 0.3) is 5.56 Å². The molecule has 5 N–H and O–H groups in total. The van der Waals surface area contributed by atoms with Crippen molar-refractivity contribution in [2.24, 2.45) is 0 Å². The Morgan fingerprint density at radius 3 is 2.26 bits per heavy atom. The number of hydrogen-bond acceptors (Lipinski definition) is 5. The molecule has 0 unspecified atom stereocenters. The van der Waals surface area contributed by atoms with Crippen LogP contribution in [0, 0.1) is 0 Å². The Labute approximate surface area is 149 Å². The fraction of sp³-hybridized carbons (Fsp3) is 0.188. The fourth-order valence-corrected chi connectivity index (χ4v) is 2.52. The number of nitrogen functional groups attached to an aromatic ring is 1. The molecule has 1 aromatic heterocycles. The van der Waals surface area contributed by atoms with Crippen LogP contribution in [0.15, 0.2) is 23.0 Å². The highest BCUT2D eigenvalue weighted by atomic mass is 19.4. The van der Waals surface area contributed by atoms with Gasteiger partial charge in [0.1, 0.15) is 22.7 Å². The van der Waals surface area contributed by atoms with Crippen molar-refractivity contribution >= 4 is 17.8 Å². The predicted molar refractivity (Wildman–Crippen MR) is 87.0 cm³/mol. The first-order chi connectivity index (χ1) is 12.5. The smallest absolute Gasteiger partial charge is 0.419 e. The van der Waals surface area contributed by atoms with E-state index in [9.17, 15) is 37.8 Å². The zero-order chi connectivity index (χ0) is 20.5. The fourth-order valence-electron chi connectivity index (χ4n) is 2.52. The predicted octanol–water partition coefficient (Wildman–Crippen LogP) is 2.44. The Morgan fingerprint density at radius 1 is 1.19 bits per heavy atom. The van der Waals surface area contributed by atoms with Crippen LogP contribution >= 0.6 is 0 Å². The van der Waals surface area contributed by atoms with Gasteiger partial charge in [0.05, 0.1) is 12.2 Å². The number of nitrogens with two attached hydrogens (primary N) is 1. The average Bonchev–Trinajstić information content (AvgIpc) is 2.52. The third-order valence-corrected chi connectivity index (χ3v) is 3.55. The number of alkyl halides is 3. The Morgan fingerprint density at radius 2 is 1.78 bits per heavy atom. The van der Waals surface area contributed by atoms with Crippen LogP contribution < -0.4 is 16.0 Å². The summed E-state index contributed by atoms with van der Waals surface area (Å²) in [6.45, 7) is 1.40. The molecule has 0 saturated heterocycles. The molecule has 0 aliphatic rings. The van der Waals surface area contributed by atoms with Crippen molar-refractivity contribution < 1.29 is 37.7 Å². The summed E-state index contributed by atoms with van der Waals surface area (Å²) in [6, 6.07) is 2.45. The number of hydrogen-bond donors (Lipinski definition) is 4. The topological polar surface area (TPSA) is 143 Å².